The lowest BCUT2D eigenvalue weighted by Gasteiger charge is -2.10. The summed E-state index contributed by atoms with van der Waals surface area (Å²) < 4.78 is 0. The number of aryl methyl sites for hydroxylation is 1. The SMILES string of the molecule is CC(C)(C)C(N)=O.Cc1cc(Cl)c(Cl)c(C(=O)Cl)c1. The minimum absolute atomic E-state index is 0.210. The van der Waals surface area contributed by atoms with Crippen molar-refractivity contribution in [3.63, 3.8) is 0 Å². The van der Waals surface area contributed by atoms with Gasteiger partial charge in [-0.25, -0.2) is 0 Å². The minimum Gasteiger partial charge on any atom is -0.369 e. The second-order valence-electron chi connectivity index (χ2n) is 5.00. The second kappa shape index (κ2) is 7.13. The van der Waals surface area contributed by atoms with Crippen molar-refractivity contribution in [3.05, 3.63) is 33.3 Å². The molecule has 0 atom stereocenters. The van der Waals surface area contributed by atoms with Crippen LogP contribution in [0.25, 0.3) is 0 Å². The van der Waals surface area contributed by atoms with Crippen LogP contribution in [-0.4, -0.2) is 11.1 Å². The minimum atomic E-state index is -0.592. The van der Waals surface area contributed by atoms with Gasteiger partial charge in [0.05, 0.1) is 15.6 Å². The Morgan fingerprint density at radius 1 is 1.16 bits per heavy atom. The zero-order valence-corrected chi connectivity index (χ0v) is 13.5. The number of halogens is 3. The van der Waals surface area contributed by atoms with Crippen molar-refractivity contribution in [3.8, 4) is 0 Å². The molecule has 0 heterocycles. The Labute approximate surface area is 128 Å². The normalized spacial score (nSPS) is 10.5. The Balaban J connectivity index is 0.000000399. The lowest BCUT2D eigenvalue weighted by molar-refractivity contribution is -0.125. The highest BCUT2D eigenvalue weighted by Crippen LogP contribution is 2.28. The molecule has 1 aromatic rings. The Morgan fingerprint density at radius 2 is 1.58 bits per heavy atom. The van der Waals surface area contributed by atoms with Gasteiger partial charge in [-0.15, -0.1) is 0 Å². The standard InChI is InChI=1S/C8H5Cl3O.C5H11NO/c1-4-2-5(8(11)12)7(10)6(9)3-4;1-5(2,3)4(6)7/h2-3H,1H3;1-3H3,(H2,6,7). The number of carbonyl (C=O) groups is 2. The molecule has 0 saturated heterocycles. The van der Waals surface area contributed by atoms with Crippen LogP contribution in [0.3, 0.4) is 0 Å². The van der Waals surface area contributed by atoms with Crippen molar-refractivity contribution in [2.45, 2.75) is 27.7 Å². The quantitative estimate of drug-likeness (QED) is 0.787. The molecule has 3 nitrogen and oxygen atoms in total. The van der Waals surface area contributed by atoms with Gasteiger partial charge in [-0.05, 0) is 36.2 Å². The van der Waals surface area contributed by atoms with E-state index in [1.807, 2.05) is 6.92 Å². The van der Waals surface area contributed by atoms with Gasteiger partial charge in [0.15, 0.2) is 0 Å². The third-order valence-corrected chi connectivity index (χ3v) is 3.13. The molecule has 1 amide bonds. The average Bonchev–Trinajstić information content (AvgIpc) is 2.22. The van der Waals surface area contributed by atoms with Gasteiger partial charge in [0.25, 0.3) is 5.24 Å². The van der Waals surface area contributed by atoms with Gasteiger partial charge in [-0.3, -0.25) is 9.59 Å². The van der Waals surface area contributed by atoms with Crippen LogP contribution in [0.4, 0.5) is 0 Å². The fourth-order valence-corrected chi connectivity index (χ4v) is 1.53. The highest BCUT2D eigenvalue weighted by Gasteiger charge is 2.16. The fraction of sp³-hybridized carbons (Fsp3) is 0.385. The molecule has 0 radical (unpaired) electrons. The van der Waals surface area contributed by atoms with Crippen LogP contribution in [0.15, 0.2) is 12.1 Å². The van der Waals surface area contributed by atoms with Gasteiger partial charge < -0.3 is 5.73 Å². The van der Waals surface area contributed by atoms with Gasteiger partial charge in [0.1, 0.15) is 0 Å². The second-order valence-corrected chi connectivity index (χ2v) is 6.12. The van der Waals surface area contributed by atoms with E-state index >= 15 is 0 Å². The van der Waals surface area contributed by atoms with E-state index in [2.05, 4.69) is 0 Å². The average molecular weight is 325 g/mol. The number of rotatable bonds is 1. The predicted octanol–water partition coefficient (Wildman–Crippen LogP) is 4.20. The van der Waals surface area contributed by atoms with Crippen LogP contribution in [0.1, 0.15) is 36.7 Å². The first-order valence-electron chi connectivity index (χ1n) is 5.42. The lowest BCUT2D eigenvalue weighted by Crippen LogP contribution is -2.27. The molecule has 0 unspecified atom stereocenters. The van der Waals surface area contributed by atoms with E-state index in [4.69, 9.17) is 40.5 Å². The number of carbonyl (C=O) groups excluding carboxylic acids is 2. The molecular weight excluding hydrogens is 309 g/mol. The van der Waals surface area contributed by atoms with E-state index in [9.17, 15) is 9.59 Å². The van der Waals surface area contributed by atoms with Crippen LogP contribution < -0.4 is 5.73 Å². The van der Waals surface area contributed by atoms with Crippen molar-refractivity contribution < 1.29 is 9.59 Å². The molecular formula is C13H16Cl3NO2. The molecule has 1 rings (SSSR count). The smallest absolute Gasteiger partial charge is 0.253 e. The number of hydrogen-bond donors (Lipinski definition) is 1. The van der Waals surface area contributed by atoms with Gasteiger partial charge in [0, 0.05) is 5.41 Å². The predicted molar refractivity (Wildman–Crippen MR) is 80.0 cm³/mol. The monoisotopic (exact) mass is 323 g/mol. The van der Waals surface area contributed by atoms with Gasteiger partial charge in [-0.2, -0.15) is 0 Å². The van der Waals surface area contributed by atoms with Crippen molar-refractivity contribution in [2.24, 2.45) is 11.1 Å². The van der Waals surface area contributed by atoms with Crippen LogP contribution in [-0.2, 0) is 4.79 Å². The summed E-state index contributed by atoms with van der Waals surface area (Å²) in [6.45, 7) is 7.17. The maximum Gasteiger partial charge on any atom is 0.253 e. The Morgan fingerprint density at radius 3 is 1.89 bits per heavy atom. The summed E-state index contributed by atoms with van der Waals surface area (Å²) >= 11 is 16.7. The third-order valence-electron chi connectivity index (χ3n) is 2.12. The maximum absolute atomic E-state index is 10.8. The summed E-state index contributed by atoms with van der Waals surface area (Å²) in [7, 11) is 0. The van der Waals surface area contributed by atoms with E-state index in [1.54, 1.807) is 32.9 Å². The molecule has 1 aromatic carbocycles. The van der Waals surface area contributed by atoms with E-state index in [1.165, 1.54) is 0 Å². The van der Waals surface area contributed by atoms with Crippen LogP contribution in [0.5, 0.6) is 0 Å². The van der Waals surface area contributed by atoms with E-state index in [-0.39, 0.29) is 21.9 Å². The van der Waals surface area contributed by atoms with Crippen molar-refractivity contribution in [1.29, 1.82) is 0 Å². The molecule has 0 bridgehead atoms. The van der Waals surface area contributed by atoms with Gasteiger partial charge in [0.2, 0.25) is 5.91 Å². The molecule has 2 N–H and O–H groups in total. The fourth-order valence-electron chi connectivity index (χ4n) is 0.868. The molecule has 0 aliphatic heterocycles. The molecule has 0 saturated carbocycles. The van der Waals surface area contributed by atoms with Gasteiger partial charge >= 0.3 is 0 Å². The Bertz CT molecular complexity index is 493. The summed E-state index contributed by atoms with van der Waals surface area (Å²) in [5, 5.41) is -0.0338. The topological polar surface area (TPSA) is 60.2 Å². The highest BCUT2D eigenvalue weighted by atomic mass is 35.5. The van der Waals surface area contributed by atoms with Crippen LogP contribution in [0, 0.1) is 12.3 Å². The van der Waals surface area contributed by atoms with Crippen LogP contribution >= 0.6 is 34.8 Å². The van der Waals surface area contributed by atoms with Crippen molar-refractivity contribution in [2.75, 3.05) is 0 Å². The zero-order chi connectivity index (χ0) is 15.4. The van der Waals surface area contributed by atoms with E-state index in [0.717, 1.165) is 5.56 Å². The molecule has 106 valence electrons. The first kappa shape index (κ1) is 18.2. The molecule has 6 heteroatoms. The number of hydrogen-bond acceptors (Lipinski definition) is 2. The Kier molecular flexibility index (Phi) is 6.84. The first-order valence-corrected chi connectivity index (χ1v) is 6.55. The summed E-state index contributed by atoms with van der Waals surface area (Å²) in [6.07, 6.45) is 0. The number of nitrogens with two attached hydrogens (primary N) is 1. The number of amides is 1. The van der Waals surface area contributed by atoms with Crippen molar-refractivity contribution >= 4 is 46.0 Å². The lowest BCUT2D eigenvalue weighted by atomic mass is 9.96. The van der Waals surface area contributed by atoms with E-state index < -0.39 is 5.24 Å². The maximum atomic E-state index is 10.8. The molecule has 0 spiro atoms. The molecule has 0 aliphatic carbocycles. The highest BCUT2D eigenvalue weighted by molar-refractivity contribution is 6.69. The Hall–Kier alpha value is -0.770. The summed E-state index contributed by atoms with van der Waals surface area (Å²) in [5.41, 5.74) is 5.68. The van der Waals surface area contributed by atoms with Crippen LogP contribution in [0.2, 0.25) is 10.0 Å². The summed E-state index contributed by atoms with van der Waals surface area (Å²) in [4.78, 5) is 21.0. The molecule has 0 aliphatic rings. The zero-order valence-electron chi connectivity index (χ0n) is 11.2. The number of primary amides is 1. The molecule has 0 aromatic heterocycles. The summed E-state index contributed by atoms with van der Waals surface area (Å²) in [5.74, 6) is -0.257. The van der Waals surface area contributed by atoms with E-state index in [0.29, 0.717) is 5.02 Å². The first-order chi connectivity index (χ1) is 8.46. The molecule has 19 heavy (non-hydrogen) atoms. The number of benzene rings is 1. The van der Waals surface area contributed by atoms with Crippen molar-refractivity contribution in [1.82, 2.24) is 0 Å². The summed E-state index contributed by atoms with van der Waals surface area (Å²) in [6, 6.07) is 3.27. The molecule has 0 fully saturated rings. The largest absolute Gasteiger partial charge is 0.369 e. The third kappa shape index (κ3) is 6.28. The van der Waals surface area contributed by atoms with Gasteiger partial charge in [-0.1, -0.05) is 44.0 Å².